The van der Waals surface area contributed by atoms with E-state index < -0.39 is 0 Å². The van der Waals surface area contributed by atoms with E-state index in [4.69, 9.17) is 4.74 Å². The Morgan fingerprint density at radius 3 is 3.00 bits per heavy atom. The minimum absolute atomic E-state index is 0.0886. The first-order valence-corrected chi connectivity index (χ1v) is 6.37. The van der Waals surface area contributed by atoms with Crippen molar-refractivity contribution in [3.05, 3.63) is 22.2 Å². The summed E-state index contributed by atoms with van der Waals surface area (Å²) in [6, 6.07) is 1.67. The molecular weight excluding hydrogens is 232 g/mol. The monoisotopic (exact) mass is 250 g/mol. The molecule has 0 aromatic carbocycles. The molecule has 1 aliphatic heterocycles. The lowest BCUT2D eigenvalue weighted by Crippen LogP contribution is -2.34. The van der Waals surface area contributed by atoms with Crippen molar-refractivity contribution < 1.29 is 4.74 Å². The van der Waals surface area contributed by atoms with Crippen molar-refractivity contribution >= 4 is 5.82 Å². The van der Waals surface area contributed by atoms with Crippen molar-refractivity contribution in [1.82, 2.24) is 15.3 Å². The minimum Gasteiger partial charge on any atom is -0.378 e. The van der Waals surface area contributed by atoms with Crippen LogP contribution in [0.4, 0.5) is 5.82 Å². The van der Waals surface area contributed by atoms with Gasteiger partial charge in [-0.1, -0.05) is 0 Å². The second kappa shape index (κ2) is 4.70. The fourth-order valence-electron chi connectivity index (χ4n) is 2.34. The highest BCUT2D eigenvalue weighted by molar-refractivity contribution is 5.36. The Morgan fingerprint density at radius 1 is 1.44 bits per heavy atom. The Hall–Kier alpha value is -1.40. The predicted octanol–water partition coefficient (Wildman–Crippen LogP) is 0.0460. The Morgan fingerprint density at radius 2 is 2.28 bits per heavy atom. The van der Waals surface area contributed by atoms with Gasteiger partial charge in [0.2, 0.25) is 0 Å². The summed E-state index contributed by atoms with van der Waals surface area (Å²) >= 11 is 0. The molecule has 2 atom stereocenters. The lowest BCUT2D eigenvalue weighted by Gasteiger charge is -2.19. The van der Waals surface area contributed by atoms with Gasteiger partial charge in [-0.2, -0.15) is 0 Å². The first-order valence-electron chi connectivity index (χ1n) is 6.37. The van der Waals surface area contributed by atoms with Crippen LogP contribution in [0.5, 0.6) is 0 Å². The maximum absolute atomic E-state index is 11.6. The van der Waals surface area contributed by atoms with Crippen molar-refractivity contribution in [2.24, 2.45) is 0 Å². The van der Waals surface area contributed by atoms with Crippen molar-refractivity contribution in [1.29, 1.82) is 0 Å². The maximum atomic E-state index is 11.6. The van der Waals surface area contributed by atoms with Crippen LogP contribution in [-0.4, -0.2) is 42.3 Å². The lowest BCUT2D eigenvalue weighted by atomic mass is 10.2. The molecule has 0 amide bonds. The van der Waals surface area contributed by atoms with Gasteiger partial charge in [-0.05, 0) is 12.8 Å². The van der Waals surface area contributed by atoms with Gasteiger partial charge in [0.25, 0.3) is 5.56 Å². The molecule has 1 unspecified atom stereocenters. The third kappa shape index (κ3) is 2.39. The van der Waals surface area contributed by atoms with E-state index in [1.807, 2.05) is 0 Å². The van der Waals surface area contributed by atoms with Crippen molar-refractivity contribution in [3.63, 3.8) is 0 Å². The van der Waals surface area contributed by atoms with E-state index in [-0.39, 0.29) is 17.7 Å². The van der Waals surface area contributed by atoms with Crippen LogP contribution in [-0.2, 0) is 4.74 Å². The molecule has 6 heteroatoms. The van der Waals surface area contributed by atoms with Crippen LogP contribution in [0.2, 0.25) is 0 Å². The Kier molecular flexibility index (Phi) is 3.05. The first-order chi connectivity index (χ1) is 8.76. The first kappa shape index (κ1) is 11.7. The smallest absolute Gasteiger partial charge is 0.252 e. The highest BCUT2D eigenvalue weighted by atomic mass is 16.5. The Bertz CT molecular complexity index is 483. The quantitative estimate of drug-likeness (QED) is 0.703. The third-order valence-electron chi connectivity index (χ3n) is 3.52. The number of hydrogen-bond acceptors (Lipinski definition) is 5. The zero-order chi connectivity index (χ0) is 12.5. The zero-order valence-electron chi connectivity index (χ0n) is 10.4. The van der Waals surface area contributed by atoms with Gasteiger partial charge in [0.15, 0.2) is 0 Å². The summed E-state index contributed by atoms with van der Waals surface area (Å²) in [4.78, 5) is 18.9. The molecule has 1 saturated carbocycles. The number of hydrogen-bond donors (Lipinski definition) is 3. The van der Waals surface area contributed by atoms with E-state index in [0.717, 1.165) is 31.8 Å². The van der Waals surface area contributed by atoms with E-state index >= 15 is 0 Å². The molecule has 98 valence electrons. The number of ether oxygens (including phenoxy) is 1. The number of rotatable bonds is 4. The average Bonchev–Trinajstić information content (AvgIpc) is 3.10. The van der Waals surface area contributed by atoms with E-state index in [0.29, 0.717) is 11.7 Å². The Balaban J connectivity index is 1.77. The van der Waals surface area contributed by atoms with Gasteiger partial charge in [-0.25, -0.2) is 4.98 Å². The second-order valence-corrected chi connectivity index (χ2v) is 4.97. The summed E-state index contributed by atoms with van der Waals surface area (Å²) in [6.45, 7) is 1.65. The number of anilines is 1. The molecular formula is C12H18N4O2. The zero-order valence-corrected chi connectivity index (χ0v) is 10.4. The largest absolute Gasteiger partial charge is 0.378 e. The molecule has 6 nitrogen and oxygen atoms in total. The maximum Gasteiger partial charge on any atom is 0.252 e. The van der Waals surface area contributed by atoms with E-state index in [9.17, 15) is 4.79 Å². The van der Waals surface area contributed by atoms with Crippen LogP contribution in [0.1, 0.15) is 24.6 Å². The molecule has 1 aliphatic carbocycles. The third-order valence-corrected chi connectivity index (χ3v) is 3.52. The average molecular weight is 250 g/mol. The van der Waals surface area contributed by atoms with E-state index in [1.54, 1.807) is 7.11 Å². The van der Waals surface area contributed by atoms with Crippen molar-refractivity contribution in [2.75, 3.05) is 25.5 Å². The van der Waals surface area contributed by atoms with Gasteiger partial charge in [-0.15, -0.1) is 0 Å². The van der Waals surface area contributed by atoms with Crippen LogP contribution in [0, 0.1) is 0 Å². The van der Waals surface area contributed by atoms with E-state index in [2.05, 4.69) is 20.6 Å². The van der Waals surface area contributed by atoms with Gasteiger partial charge in [0.05, 0.1) is 12.1 Å². The molecule has 0 radical (unpaired) electrons. The summed E-state index contributed by atoms with van der Waals surface area (Å²) < 4.78 is 5.38. The fraction of sp³-hybridized carbons (Fsp3) is 0.667. The SMILES string of the molecule is CO[C@H]1CNCC1Nc1cc(=O)[nH]c(C2CC2)n1. The minimum atomic E-state index is -0.0886. The summed E-state index contributed by atoms with van der Waals surface area (Å²) in [6.07, 6.45) is 2.37. The van der Waals surface area contributed by atoms with Gasteiger partial charge in [0.1, 0.15) is 11.6 Å². The lowest BCUT2D eigenvalue weighted by molar-refractivity contribution is 0.111. The highest BCUT2D eigenvalue weighted by Gasteiger charge is 2.29. The molecule has 1 aromatic rings. The number of aromatic nitrogens is 2. The number of methoxy groups -OCH3 is 1. The highest BCUT2D eigenvalue weighted by Crippen LogP contribution is 2.37. The molecule has 3 N–H and O–H groups in total. The molecule has 1 saturated heterocycles. The fourth-order valence-corrected chi connectivity index (χ4v) is 2.34. The number of aromatic amines is 1. The Labute approximate surface area is 105 Å². The number of nitrogens with one attached hydrogen (secondary N) is 3. The van der Waals surface area contributed by atoms with Crippen molar-refractivity contribution in [3.8, 4) is 0 Å². The van der Waals surface area contributed by atoms with Crippen LogP contribution in [0.3, 0.4) is 0 Å². The summed E-state index contributed by atoms with van der Waals surface area (Å²) in [5.41, 5.74) is -0.0886. The summed E-state index contributed by atoms with van der Waals surface area (Å²) in [7, 11) is 1.70. The molecule has 1 aromatic heterocycles. The summed E-state index contributed by atoms with van der Waals surface area (Å²) in [5.74, 6) is 1.90. The normalized spacial score (nSPS) is 27.4. The molecule has 0 spiro atoms. The number of nitrogens with zero attached hydrogens (tertiary/aromatic N) is 1. The van der Waals surface area contributed by atoms with Crippen LogP contribution in [0.15, 0.2) is 10.9 Å². The van der Waals surface area contributed by atoms with Gasteiger partial charge >= 0.3 is 0 Å². The van der Waals surface area contributed by atoms with Crippen LogP contribution in [0.25, 0.3) is 0 Å². The molecule has 2 heterocycles. The molecule has 18 heavy (non-hydrogen) atoms. The topological polar surface area (TPSA) is 79.0 Å². The predicted molar refractivity (Wildman–Crippen MR) is 67.9 cm³/mol. The second-order valence-electron chi connectivity index (χ2n) is 4.97. The van der Waals surface area contributed by atoms with Gasteiger partial charge in [0, 0.05) is 32.2 Å². The van der Waals surface area contributed by atoms with Crippen molar-refractivity contribution in [2.45, 2.75) is 30.9 Å². The molecule has 2 fully saturated rings. The summed E-state index contributed by atoms with van der Waals surface area (Å²) in [5, 5.41) is 6.54. The number of H-pyrrole nitrogens is 1. The van der Waals surface area contributed by atoms with Gasteiger partial charge in [-0.3, -0.25) is 4.79 Å². The molecule has 3 rings (SSSR count). The van der Waals surface area contributed by atoms with Crippen LogP contribution >= 0.6 is 0 Å². The van der Waals surface area contributed by atoms with E-state index in [1.165, 1.54) is 6.07 Å². The standard InChI is InChI=1S/C12H18N4O2/c1-18-9-6-13-5-8(9)14-10-4-11(17)16-12(15-10)7-2-3-7/h4,7-9,13H,2-3,5-6H2,1H3,(H2,14,15,16,17)/t8?,9-/m0/s1. The molecule has 2 aliphatic rings. The molecule has 0 bridgehead atoms. The van der Waals surface area contributed by atoms with Crippen LogP contribution < -0.4 is 16.2 Å². The van der Waals surface area contributed by atoms with Gasteiger partial charge < -0.3 is 20.4 Å².